The van der Waals surface area contributed by atoms with E-state index in [1.165, 1.54) is 0 Å². The molecule has 0 atom stereocenters. The van der Waals surface area contributed by atoms with E-state index in [0.717, 1.165) is 37.1 Å². The topological polar surface area (TPSA) is 38.1 Å². The Balaban J connectivity index is 1.52. The summed E-state index contributed by atoms with van der Waals surface area (Å²) >= 11 is 12.2. The van der Waals surface area contributed by atoms with Crippen LogP contribution in [0.4, 0.5) is 0 Å². The molecule has 0 radical (unpaired) electrons. The highest BCUT2D eigenvalue weighted by atomic mass is 35.5. The number of hydrogen-bond acceptors (Lipinski definition) is 2. The van der Waals surface area contributed by atoms with Crippen LogP contribution in [0.2, 0.25) is 10.0 Å². The minimum Gasteiger partial charge on any atom is -0.332 e. The molecule has 0 bridgehead atoms. The Bertz CT molecular complexity index is 765. The number of benzene rings is 1. The van der Waals surface area contributed by atoms with Crippen LogP contribution in [0.1, 0.15) is 37.1 Å². The van der Waals surface area contributed by atoms with E-state index >= 15 is 0 Å². The zero-order valence-electron chi connectivity index (χ0n) is 13.3. The molecule has 2 aliphatic rings. The van der Waals surface area contributed by atoms with Crippen molar-refractivity contribution in [3.05, 3.63) is 52.0 Å². The highest BCUT2D eigenvalue weighted by molar-refractivity contribution is 6.35. The largest absolute Gasteiger partial charge is 0.332 e. The summed E-state index contributed by atoms with van der Waals surface area (Å²) in [7, 11) is 0. The Kier molecular flexibility index (Phi) is 4.27. The fourth-order valence-electron chi connectivity index (χ4n) is 2.96. The Morgan fingerprint density at radius 3 is 2.71 bits per heavy atom. The number of nitrogens with zero attached hydrogens (tertiary/aromatic N) is 3. The first-order chi connectivity index (χ1) is 11.6. The molecule has 1 heterocycles. The average molecular weight is 364 g/mol. The third-order valence-electron chi connectivity index (χ3n) is 4.67. The maximum absolute atomic E-state index is 12.5. The van der Waals surface area contributed by atoms with Crippen molar-refractivity contribution in [3.8, 4) is 0 Å². The maximum atomic E-state index is 12.5. The third kappa shape index (κ3) is 3.45. The monoisotopic (exact) mass is 363 g/mol. The fraction of sp³-hybridized carbons (Fsp3) is 0.444. The molecule has 1 aromatic carbocycles. The van der Waals surface area contributed by atoms with Gasteiger partial charge in [0.2, 0.25) is 5.91 Å². The van der Waals surface area contributed by atoms with E-state index in [4.69, 9.17) is 23.2 Å². The second kappa shape index (κ2) is 6.41. The van der Waals surface area contributed by atoms with Crippen molar-refractivity contribution in [1.29, 1.82) is 0 Å². The maximum Gasteiger partial charge on any atom is 0.226 e. The number of rotatable bonds is 6. The van der Waals surface area contributed by atoms with E-state index in [9.17, 15) is 4.79 Å². The Morgan fingerprint density at radius 1 is 1.25 bits per heavy atom. The first-order valence-electron chi connectivity index (χ1n) is 8.36. The molecule has 2 saturated carbocycles. The van der Waals surface area contributed by atoms with Crippen molar-refractivity contribution in [2.24, 2.45) is 5.92 Å². The van der Waals surface area contributed by atoms with E-state index in [2.05, 4.69) is 9.55 Å². The quantitative estimate of drug-likeness (QED) is 0.773. The zero-order chi connectivity index (χ0) is 16.7. The SMILES string of the molecule is O=C(C1CC1)N(Cc1nccn1Cc1ccc(Cl)cc1Cl)C1CC1. The van der Waals surface area contributed by atoms with Crippen molar-refractivity contribution in [1.82, 2.24) is 14.5 Å². The summed E-state index contributed by atoms with van der Waals surface area (Å²) < 4.78 is 2.06. The third-order valence-corrected chi connectivity index (χ3v) is 5.25. The second-order valence-corrected chi connectivity index (χ2v) is 7.52. The summed E-state index contributed by atoms with van der Waals surface area (Å²) in [6, 6.07) is 5.93. The second-order valence-electron chi connectivity index (χ2n) is 6.68. The van der Waals surface area contributed by atoms with Crippen LogP contribution in [0.15, 0.2) is 30.6 Å². The van der Waals surface area contributed by atoms with Crippen LogP contribution in [-0.2, 0) is 17.9 Å². The standard InChI is InChI=1S/C18H19Cl2N3O/c19-14-4-3-13(16(20)9-14)10-22-8-7-21-17(22)11-23(15-5-6-15)18(24)12-1-2-12/h3-4,7-9,12,15H,1-2,5-6,10-11H2. The minimum absolute atomic E-state index is 0.250. The summed E-state index contributed by atoms with van der Waals surface area (Å²) in [6.07, 6.45) is 8.02. The summed E-state index contributed by atoms with van der Waals surface area (Å²) in [4.78, 5) is 19.0. The number of imidazole rings is 1. The molecular formula is C18H19Cl2N3O. The molecule has 2 aliphatic carbocycles. The molecule has 2 fully saturated rings. The van der Waals surface area contributed by atoms with Crippen molar-refractivity contribution >= 4 is 29.1 Å². The van der Waals surface area contributed by atoms with Crippen LogP contribution in [0, 0.1) is 5.92 Å². The van der Waals surface area contributed by atoms with Gasteiger partial charge in [-0.25, -0.2) is 4.98 Å². The van der Waals surface area contributed by atoms with Crippen LogP contribution in [0.25, 0.3) is 0 Å². The molecule has 0 N–H and O–H groups in total. The van der Waals surface area contributed by atoms with Gasteiger partial charge >= 0.3 is 0 Å². The van der Waals surface area contributed by atoms with Crippen LogP contribution in [0.3, 0.4) is 0 Å². The molecule has 2 aromatic rings. The lowest BCUT2D eigenvalue weighted by atomic mass is 10.2. The van der Waals surface area contributed by atoms with Crippen molar-refractivity contribution in [2.45, 2.75) is 44.8 Å². The lowest BCUT2D eigenvalue weighted by Gasteiger charge is -2.22. The highest BCUT2D eigenvalue weighted by Gasteiger charge is 2.40. The van der Waals surface area contributed by atoms with Gasteiger partial charge in [0.1, 0.15) is 5.82 Å². The fourth-order valence-corrected chi connectivity index (χ4v) is 3.43. The average Bonchev–Trinajstić information content (AvgIpc) is 3.45. The minimum atomic E-state index is 0.250. The van der Waals surface area contributed by atoms with Gasteiger partial charge in [-0.1, -0.05) is 29.3 Å². The van der Waals surface area contributed by atoms with Crippen LogP contribution in [0.5, 0.6) is 0 Å². The van der Waals surface area contributed by atoms with Crippen LogP contribution >= 0.6 is 23.2 Å². The summed E-state index contributed by atoms with van der Waals surface area (Å²) in [5.74, 6) is 1.46. The van der Waals surface area contributed by atoms with Gasteiger partial charge in [-0.05, 0) is 43.4 Å². The summed E-state index contributed by atoms with van der Waals surface area (Å²) in [5, 5.41) is 1.28. The summed E-state index contributed by atoms with van der Waals surface area (Å²) in [6.45, 7) is 1.21. The molecule has 126 valence electrons. The predicted molar refractivity (Wildman–Crippen MR) is 94.1 cm³/mol. The van der Waals surface area contributed by atoms with Gasteiger partial charge in [0.15, 0.2) is 0 Å². The van der Waals surface area contributed by atoms with E-state index in [1.807, 2.05) is 23.2 Å². The lowest BCUT2D eigenvalue weighted by molar-refractivity contribution is -0.133. The molecule has 0 unspecified atom stereocenters. The van der Waals surface area contributed by atoms with Gasteiger partial charge in [-0.3, -0.25) is 4.79 Å². The summed E-state index contributed by atoms with van der Waals surface area (Å²) in [5.41, 5.74) is 0.992. The first-order valence-corrected chi connectivity index (χ1v) is 9.12. The van der Waals surface area contributed by atoms with E-state index < -0.39 is 0 Å². The highest BCUT2D eigenvalue weighted by Crippen LogP contribution is 2.36. The van der Waals surface area contributed by atoms with E-state index in [0.29, 0.717) is 35.1 Å². The molecular weight excluding hydrogens is 345 g/mol. The number of carbonyl (C=O) groups is 1. The van der Waals surface area contributed by atoms with Crippen LogP contribution < -0.4 is 0 Å². The predicted octanol–water partition coefficient (Wildman–Crippen LogP) is 4.14. The number of carbonyl (C=O) groups excluding carboxylic acids is 1. The molecule has 0 aliphatic heterocycles. The number of amides is 1. The van der Waals surface area contributed by atoms with Crippen molar-refractivity contribution in [2.75, 3.05) is 0 Å². The van der Waals surface area contributed by atoms with E-state index in [-0.39, 0.29) is 5.92 Å². The van der Waals surface area contributed by atoms with Crippen molar-refractivity contribution in [3.63, 3.8) is 0 Å². The Hall–Kier alpha value is -1.52. The lowest BCUT2D eigenvalue weighted by Crippen LogP contribution is -2.34. The number of halogens is 2. The Morgan fingerprint density at radius 2 is 2.04 bits per heavy atom. The molecule has 24 heavy (non-hydrogen) atoms. The normalized spacial score (nSPS) is 17.1. The van der Waals surface area contributed by atoms with Gasteiger partial charge in [-0.2, -0.15) is 0 Å². The van der Waals surface area contributed by atoms with Gasteiger partial charge in [0, 0.05) is 34.4 Å². The zero-order valence-corrected chi connectivity index (χ0v) is 14.8. The Labute approximate surface area is 151 Å². The molecule has 4 nitrogen and oxygen atoms in total. The molecule has 0 saturated heterocycles. The van der Waals surface area contributed by atoms with Gasteiger partial charge < -0.3 is 9.47 Å². The molecule has 4 rings (SSSR count). The molecule has 0 spiro atoms. The molecule has 1 aromatic heterocycles. The number of aromatic nitrogens is 2. The van der Waals surface area contributed by atoms with Gasteiger partial charge in [-0.15, -0.1) is 0 Å². The number of hydrogen-bond donors (Lipinski definition) is 0. The van der Waals surface area contributed by atoms with Crippen molar-refractivity contribution < 1.29 is 4.79 Å². The first kappa shape index (κ1) is 16.0. The van der Waals surface area contributed by atoms with Crippen LogP contribution in [-0.4, -0.2) is 26.4 Å². The smallest absolute Gasteiger partial charge is 0.226 e. The molecule has 1 amide bonds. The molecule has 6 heteroatoms. The van der Waals surface area contributed by atoms with Gasteiger partial charge in [0.25, 0.3) is 0 Å². The van der Waals surface area contributed by atoms with Gasteiger partial charge in [0.05, 0.1) is 13.1 Å². The van der Waals surface area contributed by atoms with E-state index in [1.54, 1.807) is 12.3 Å².